The smallest absolute Gasteiger partial charge is 0.132 e. The summed E-state index contributed by atoms with van der Waals surface area (Å²) < 4.78 is 9.90. The van der Waals surface area contributed by atoms with Crippen LogP contribution in [0.4, 0.5) is 0 Å². The zero-order chi connectivity index (χ0) is 11.9. The van der Waals surface area contributed by atoms with E-state index in [0.717, 1.165) is 4.90 Å². The second-order valence-electron chi connectivity index (χ2n) is 4.00. The molecule has 0 fully saturated rings. The summed E-state index contributed by atoms with van der Waals surface area (Å²) in [4.78, 5) is 11.9. The highest BCUT2D eigenvalue weighted by atomic mass is 16.5. The fourth-order valence-electron chi connectivity index (χ4n) is 1.34. The van der Waals surface area contributed by atoms with Crippen LogP contribution < -0.4 is 10.0 Å². The molecule has 0 heterocycles. The molecule has 0 aromatic carbocycles. The van der Waals surface area contributed by atoms with Crippen LogP contribution in [0.25, 0.3) is 0 Å². The molecule has 0 spiro atoms. The van der Waals surface area contributed by atoms with Crippen molar-refractivity contribution in [1.82, 2.24) is 0 Å². The van der Waals surface area contributed by atoms with E-state index in [1.807, 2.05) is 0 Å². The second kappa shape index (κ2) is 6.76. The lowest BCUT2D eigenvalue weighted by Crippen LogP contribution is -3.22. The molecular formula is C10H21NO4. The van der Waals surface area contributed by atoms with Gasteiger partial charge in [-0.3, -0.25) is 0 Å². The Labute approximate surface area is 91.0 Å². The summed E-state index contributed by atoms with van der Waals surface area (Å²) in [5, 5.41) is 11.0. The van der Waals surface area contributed by atoms with E-state index in [9.17, 15) is 9.90 Å². The van der Waals surface area contributed by atoms with Gasteiger partial charge in [0.15, 0.2) is 0 Å². The van der Waals surface area contributed by atoms with Crippen LogP contribution in [0.2, 0.25) is 0 Å². The van der Waals surface area contributed by atoms with Gasteiger partial charge in [0.1, 0.15) is 24.6 Å². The highest BCUT2D eigenvalue weighted by molar-refractivity contribution is 5.73. The van der Waals surface area contributed by atoms with E-state index in [0.29, 0.717) is 26.3 Å². The Bertz CT molecular complexity index is 186. The lowest BCUT2D eigenvalue weighted by molar-refractivity contribution is -0.941. The third kappa shape index (κ3) is 4.59. The predicted molar refractivity (Wildman–Crippen MR) is 53.5 cm³/mol. The van der Waals surface area contributed by atoms with Crippen LogP contribution in [0.1, 0.15) is 13.8 Å². The Hall–Kier alpha value is -0.650. The van der Waals surface area contributed by atoms with Crippen molar-refractivity contribution >= 4 is 5.97 Å². The van der Waals surface area contributed by atoms with Gasteiger partial charge >= 0.3 is 0 Å². The van der Waals surface area contributed by atoms with Gasteiger partial charge in [-0.05, 0) is 13.8 Å². The van der Waals surface area contributed by atoms with E-state index in [4.69, 9.17) is 9.47 Å². The summed E-state index contributed by atoms with van der Waals surface area (Å²) in [6.45, 7) is 5.61. The average Bonchev–Trinajstić information content (AvgIpc) is 2.17. The molecule has 0 aliphatic rings. The number of ether oxygens (including phenoxy) is 2. The quantitative estimate of drug-likeness (QED) is 0.498. The molecule has 0 rings (SSSR count). The molecule has 0 saturated carbocycles. The normalized spacial score (nSPS) is 12.1. The van der Waals surface area contributed by atoms with E-state index in [2.05, 4.69) is 0 Å². The van der Waals surface area contributed by atoms with Crippen molar-refractivity contribution in [3.05, 3.63) is 0 Å². The highest BCUT2D eigenvalue weighted by Crippen LogP contribution is 1.93. The maximum absolute atomic E-state index is 11.0. The molecule has 0 aliphatic carbocycles. The minimum Gasteiger partial charge on any atom is -0.544 e. The van der Waals surface area contributed by atoms with Crippen molar-refractivity contribution in [2.45, 2.75) is 19.4 Å². The van der Waals surface area contributed by atoms with Gasteiger partial charge in [-0.1, -0.05) is 0 Å². The monoisotopic (exact) mass is 219 g/mol. The summed E-state index contributed by atoms with van der Waals surface area (Å²) in [5.41, 5.74) is -0.920. The Balaban J connectivity index is 4.38. The minimum absolute atomic E-state index is 0.524. The zero-order valence-corrected chi connectivity index (χ0v) is 9.96. The molecule has 0 aromatic rings. The van der Waals surface area contributed by atoms with Gasteiger partial charge in [-0.2, -0.15) is 0 Å². The molecule has 1 N–H and O–H groups in total. The molecule has 90 valence electrons. The SMILES string of the molecule is COCC[NH+](CCOC)C(C)(C)C(=O)[O-]. The summed E-state index contributed by atoms with van der Waals surface area (Å²) in [7, 11) is 3.19. The number of carboxylic acids is 1. The first kappa shape index (κ1) is 14.3. The fourth-order valence-corrected chi connectivity index (χ4v) is 1.34. The number of aliphatic carboxylic acids is 1. The van der Waals surface area contributed by atoms with Crippen LogP contribution in [-0.2, 0) is 14.3 Å². The van der Waals surface area contributed by atoms with E-state index in [-0.39, 0.29) is 0 Å². The van der Waals surface area contributed by atoms with Crippen molar-refractivity contribution in [3.8, 4) is 0 Å². The van der Waals surface area contributed by atoms with Gasteiger partial charge in [0.05, 0.1) is 13.2 Å². The molecular weight excluding hydrogens is 198 g/mol. The van der Waals surface area contributed by atoms with Gasteiger partial charge < -0.3 is 24.3 Å². The zero-order valence-electron chi connectivity index (χ0n) is 9.96. The van der Waals surface area contributed by atoms with Crippen molar-refractivity contribution in [3.63, 3.8) is 0 Å². The molecule has 0 saturated heterocycles. The lowest BCUT2D eigenvalue weighted by atomic mass is 10.0. The Morgan fingerprint density at radius 1 is 1.20 bits per heavy atom. The van der Waals surface area contributed by atoms with E-state index in [1.54, 1.807) is 28.1 Å². The van der Waals surface area contributed by atoms with Crippen LogP contribution in [0.15, 0.2) is 0 Å². The first-order valence-electron chi connectivity index (χ1n) is 5.01. The summed E-state index contributed by atoms with van der Waals surface area (Å²) in [6, 6.07) is 0. The van der Waals surface area contributed by atoms with Crippen molar-refractivity contribution in [2.75, 3.05) is 40.5 Å². The number of rotatable bonds is 8. The van der Waals surface area contributed by atoms with Gasteiger partial charge in [0.2, 0.25) is 0 Å². The number of carboxylic acid groups (broad SMARTS) is 1. The largest absolute Gasteiger partial charge is 0.544 e. The molecule has 0 atom stereocenters. The van der Waals surface area contributed by atoms with Gasteiger partial charge in [0, 0.05) is 14.2 Å². The number of methoxy groups -OCH3 is 2. The van der Waals surface area contributed by atoms with Gasteiger partial charge in [0.25, 0.3) is 0 Å². The molecule has 15 heavy (non-hydrogen) atoms. The summed E-state index contributed by atoms with van der Waals surface area (Å²) in [6.07, 6.45) is 0. The number of hydrogen-bond acceptors (Lipinski definition) is 4. The van der Waals surface area contributed by atoms with Crippen LogP contribution >= 0.6 is 0 Å². The minimum atomic E-state index is -1.05. The molecule has 5 nitrogen and oxygen atoms in total. The number of carbonyl (C=O) groups excluding carboxylic acids is 1. The summed E-state index contributed by atoms with van der Waals surface area (Å²) in [5.74, 6) is -1.05. The molecule has 0 bridgehead atoms. The number of nitrogens with one attached hydrogen (secondary N) is 1. The molecule has 0 aliphatic heterocycles. The topological polar surface area (TPSA) is 63.0 Å². The van der Waals surface area contributed by atoms with Crippen LogP contribution in [0.5, 0.6) is 0 Å². The Morgan fingerprint density at radius 3 is 1.87 bits per heavy atom. The Morgan fingerprint density at radius 2 is 1.60 bits per heavy atom. The fraction of sp³-hybridized carbons (Fsp3) is 0.900. The van der Waals surface area contributed by atoms with Crippen LogP contribution in [0, 0.1) is 0 Å². The number of carbonyl (C=O) groups is 1. The summed E-state index contributed by atoms with van der Waals surface area (Å²) >= 11 is 0. The maximum Gasteiger partial charge on any atom is 0.132 e. The van der Waals surface area contributed by atoms with E-state index < -0.39 is 11.5 Å². The lowest BCUT2D eigenvalue weighted by Gasteiger charge is -2.35. The molecule has 0 unspecified atom stereocenters. The highest BCUT2D eigenvalue weighted by Gasteiger charge is 2.31. The van der Waals surface area contributed by atoms with Crippen molar-refractivity contribution in [1.29, 1.82) is 0 Å². The molecule has 5 heteroatoms. The third-order valence-electron chi connectivity index (χ3n) is 2.61. The van der Waals surface area contributed by atoms with E-state index in [1.165, 1.54) is 0 Å². The third-order valence-corrected chi connectivity index (χ3v) is 2.61. The molecule has 0 amide bonds. The number of quaternary nitrogens is 1. The predicted octanol–water partition coefficient (Wildman–Crippen LogP) is -2.31. The second-order valence-corrected chi connectivity index (χ2v) is 4.00. The molecule has 0 radical (unpaired) electrons. The Kier molecular flexibility index (Phi) is 6.47. The first-order chi connectivity index (χ1) is 6.96. The van der Waals surface area contributed by atoms with Gasteiger partial charge in [-0.15, -0.1) is 0 Å². The number of hydrogen-bond donors (Lipinski definition) is 1. The van der Waals surface area contributed by atoms with Crippen molar-refractivity contribution in [2.24, 2.45) is 0 Å². The first-order valence-corrected chi connectivity index (χ1v) is 5.01. The van der Waals surface area contributed by atoms with Gasteiger partial charge in [-0.25, -0.2) is 0 Å². The average molecular weight is 219 g/mol. The van der Waals surface area contributed by atoms with Crippen LogP contribution in [-0.4, -0.2) is 52.0 Å². The van der Waals surface area contributed by atoms with Crippen LogP contribution in [0.3, 0.4) is 0 Å². The van der Waals surface area contributed by atoms with Crippen molar-refractivity contribution < 1.29 is 24.3 Å². The maximum atomic E-state index is 11.0. The standard InChI is InChI=1S/C10H21NO4/c1-10(2,9(12)13)11(5-7-14-3)6-8-15-4/h5-8H2,1-4H3,(H,12,13). The molecule has 0 aromatic heterocycles. The van der Waals surface area contributed by atoms with E-state index >= 15 is 0 Å².